The van der Waals surface area contributed by atoms with Crippen molar-refractivity contribution in [3.8, 4) is 5.75 Å². The molecule has 1 amide bonds. The van der Waals surface area contributed by atoms with E-state index in [1.807, 2.05) is 17.9 Å². The number of anilines is 1. The molecule has 1 aromatic carbocycles. The van der Waals surface area contributed by atoms with Gasteiger partial charge in [-0.05, 0) is 73.3 Å². The second-order valence-corrected chi connectivity index (χ2v) is 9.73. The number of aromatic hydroxyl groups is 1. The fourth-order valence-corrected chi connectivity index (χ4v) is 5.14. The minimum atomic E-state index is -4.52. The molecule has 2 N–H and O–H groups in total. The SMILES string of the molecule is CC1CCN(c2nc(C(F)(F)F)ccc2CNC(=O)C(C)C2CCCc3ccc(O)cc32)CC1. The van der Waals surface area contributed by atoms with Crippen LogP contribution in [0.3, 0.4) is 0 Å². The standard InChI is InChI=1S/C26H32F3N3O2/c1-16-10-12-32(13-11-16)24-19(7-9-23(31-24)26(27,28)29)15-30-25(34)17(2)21-5-3-4-18-6-8-20(33)14-22(18)21/h6-9,14,16-17,21,33H,3-5,10-13,15H2,1-2H3,(H,30,34). The number of hydrogen-bond acceptors (Lipinski definition) is 4. The minimum absolute atomic E-state index is 0.00960. The summed E-state index contributed by atoms with van der Waals surface area (Å²) < 4.78 is 40.0. The Morgan fingerprint density at radius 2 is 1.94 bits per heavy atom. The van der Waals surface area contributed by atoms with Gasteiger partial charge >= 0.3 is 6.18 Å². The summed E-state index contributed by atoms with van der Waals surface area (Å²) in [6.45, 7) is 5.43. The first-order valence-corrected chi connectivity index (χ1v) is 12.0. The average molecular weight is 476 g/mol. The van der Waals surface area contributed by atoms with E-state index >= 15 is 0 Å². The van der Waals surface area contributed by atoms with Crippen LogP contribution in [0.15, 0.2) is 30.3 Å². The van der Waals surface area contributed by atoms with Gasteiger partial charge in [-0.15, -0.1) is 0 Å². The number of halogens is 3. The number of carbonyl (C=O) groups is 1. The third-order valence-electron chi connectivity index (χ3n) is 7.29. The van der Waals surface area contributed by atoms with Gasteiger partial charge in [-0.2, -0.15) is 13.2 Å². The number of amides is 1. The maximum Gasteiger partial charge on any atom is 0.433 e. The lowest BCUT2D eigenvalue weighted by Gasteiger charge is -2.33. The van der Waals surface area contributed by atoms with Crippen molar-refractivity contribution < 1.29 is 23.1 Å². The summed E-state index contributed by atoms with van der Waals surface area (Å²) in [6.07, 6.45) is 0.0252. The van der Waals surface area contributed by atoms with E-state index in [4.69, 9.17) is 0 Å². The summed E-state index contributed by atoms with van der Waals surface area (Å²) in [5, 5.41) is 12.9. The zero-order valence-electron chi connectivity index (χ0n) is 19.7. The van der Waals surface area contributed by atoms with Crippen molar-refractivity contribution in [1.29, 1.82) is 0 Å². The number of piperidine rings is 1. The van der Waals surface area contributed by atoms with Gasteiger partial charge in [0.1, 0.15) is 17.3 Å². The van der Waals surface area contributed by atoms with Crippen molar-refractivity contribution in [2.45, 2.75) is 64.6 Å². The normalized spacial score (nSPS) is 20.0. The van der Waals surface area contributed by atoms with Gasteiger partial charge in [-0.1, -0.05) is 26.0 Å². The Hall–Kier alpha value is -2.77. The first-order valence-electron chi connectivity index (χ1n) is 12.0. The topological polar surface area (TPSA) is 65.5 Å². The van der Waals surface area contributed by atoms with Gasteiger partial charge in [0.2, 0.25) is 5.91 Å². The summed E-state index contributed by atoms with van der Waals surface area (Å²) in [7, 11) is 0. The number of aryl methyl sites for hydroxylation is 1. The second-order valence-electron chi connectivity index (χ2n) is 9.73. The van der Waals surface area contributed by atoms with Crippen LogP contribution in [0.2, 0.25) is 0 Å². The monoisotopic (exact) mass is 475 g/mol. The van der Waals surface area contributed by atoms with Crippen LogP contribution in [0.1, 0.15) is 67.8 Å². The molecule has 0 saturated carbocycles. The van der Waals surface area contributed by atoms with Gasteiger partial charge in [0, 0.05) is 31.1 Å². The van der Waals surface area contributed by atoms with E-state index in [2.05, 4.69) is 17.2 Å². The first-order chi connectivity index (χ1) is 16.1. The van der Waals surface area contributed by atoms with E-state index in [1.165, 1.54) is 6.07 Å². The summed E-state index contributed by atoms with van der Waals surface area (Å²) in [5.41, 5.74) is 1.84. The summed E-state index contributed by atoms with van der Waals surface area (Å²) in [4.78, 5) is 18.9. The predicted octanol–water partition coefficient (Wildman–Crippen LogP) is 5.41. The molecule has 2 heterocycles. The molecular weight excluding hydrogens is 443 g/mol. The van der Waals surface area contributed by atoms with Crippen molar-refractivity contribution in [1.82, 2.24) is 10.3 Å². The van der Waals surface area contributed by atoms with Crippen LogP contribution in [-0.2, 0) is 23.9 Å². The Bertz CT molecular complexity index is 1030. The van der Waals surface area contributed by atoms with Gasteiger partial charge in [-0.25, -0.2) is 4.98 Å². The number of nitrogens with zero attached hydrogens (tertiary/aromatic N) is 2. The zero-order chi connectivity index (χ0) is 24.5. The Balaban J connectivity index is 1.51. The van der Waals surface area contributed by atoms with Crippen molar-refractivity contribution in [2.75, 3.05) is 18.0 Å². The molecule has 184 valence electrons. The Labute approximate surface area is 198 Å². The highest BCUT2D eigenvalue weighted by Crippen LogP contribution is 2.39. The van der Waals surface area contributed by atoms with Gasteiger partial charge in [0.15, 0.2) is 0 Å². The van der Waals surface area contributed by atoms with Gasteiger partial charge < -0.3 is 15.3 Å². The zero-order valence-corrected chi connectivity index (χ0v) is 19.7. The predicted molar refractivity (Wildman–Crippen MR) is 125 cm³/mol. The highest BCUT2D eigenvalue weighted by molar-refractivity contribution is 5.79. The molecule has 1 aromatic heterocycles. The molecule has 0 bridgehead atoms. The fourth-order valence-electron chi connectivity index (χ4n) is 5.14. The third kappa shape index (κ3) is 5.31. The Morgan fingerprint density at radius 1 is 1.21 bits per heavy atom. The van der Waals surface area contributed by atoms with E-state index in [0.29, 0.717) is 30.4 Å². The molecule has 0 radical (unpaired) electrons. The van der Waals surface area contributed by atoms with Crippen LogP contribution in [-0.4, -0.2) is 29.1 Å². The molecule has 5 nitrogen and oxygen atoms in total. The van der Waals surface area contributed by atoms with Crippen molar-refractivity contribution in [3.05, 3.63) is 52.7 Å². The largest absolute Gasteiger partial charge is 0.508 e. The van der Waals surface area contributed by atoms with Crippen LogP contribution >= 0.6 is 0 Å². The maximum atomic E-state index is 13.3. The van der Waals surface area contributed by atoms with Crippen LogP contribution < -0.4 is 10.2 Å². The molecule has 1 aliphatic carbocycles. The lowest BCUT2D eigenvalue weighted by molar-refractivity contribution is -0.141. The molecule has 1 saturated heterocycles. The Morgan fingerprint density at radius 3 is 2.65 bits per heavy atom. The molecule has 2 atom stereocenters. The molecule has 4 rings (SSSR count). The molecule has 8 heteroatoms. The molecule has 1 aliphatic heterocycles. The molecule has 1 fully saturated rings. The Kier molecular flexibility index (Phi) is 7.05. The molecule has 0 spiro atoms. The number of aromatic nitrogens is 1. The van der Waals surface area contributed by atoms with Crippen LogP contribution in [0.25, 0.3) is 0 Å². The number of rotatable bonds is 5. The van der Waals surface area contributed by atoms with Crippen molar-refractivity contribution in [3.63, 3.8) is 0 Å². The van der Waals surface area contributed by atoms with Crippen LogP contribution in [0.4, 0.5) is 19.0 Å². The maximum absolute atomic E-state index is 13.3. The summed E-state index contributed by atoms with van der Waals surface area (Å²) >= 11 is 0. The minimum Gasteiger partial charge on any atom is -0.508 e. The van der Waals surface area contributed by atoms with E-state index in [0.717, 1.165) is 49.3 Å². The number of pyridine rings is 1. The van der Waals surface area contributed by atoms with E-state index in [1.54, 1.807) is 12.1 Å². The number of phenols is 1. The first kappa shape index (κ1) is 24.4. The van der Waals surface area contributed by atoms with E-state index in [9.17, 15) is 23.1 Å². The quantitative estimate of drug-likeness (QED) is 0.607. The number of benzene rings is 1. The lowest BCUT2D eigenvalue weighted by Crippen LogP contribution is -2.36. The summed E-state index contributed by atoms with van der Waals surface area (Å²) in [6, 6.07) is 7.76. The second kappa shape index (κ2) is 9.84. The van der Waals surface area contributed by atoms with Crippen molar-refractivity contribution >= 4 is 11.7 Å². The average Bonchev–Trinajstić information content (AvgIpc) is 2.81. The number of alkyl halides is 3. The lowest BCUT2D eigenvalue weighted by atomic mass is 9.76. The number of nitrogens with one attached hydrogen (secondary N) is 1. The molecule has 2 aromatic rings. The highest BCUT2D eigenvalue weighted by atomic mass is 19.4. The van der Waals surface area contributed by atoms with Crippen molar-refractivity contribution in [2.24, 2.45) is 11.8 Å². The van der Waals surface area contributed by atoms with Gasteiger partial charge in [0.25, 0.3) is 0 Å². The van der Waals surface area contributed by atoms with Crippen LogP contribution in [0, 0.1) is 11.8 Å². The fraction of sp³-hybridized carbons (Fsp3) is 0.538. The number of hydrogen-bond donors (Lipinski definition) is 2. The van der Waals surface area contributed by atoms with E-state index < -0.39 is 11.9 Å². The van der Waals surface area contributed by atoms with Gasteiger partial charge in [0.05, 0.1) is 0 Å². The summed E-state index contributed by atoms with van der Waals surface area (Å²) in [5.74, 6) is 0.535. The number of phenolic OH excluding ortho intramolecular Hbond substituents is 1. The third-order valence-corrected chi connectivity index (χ3v) is 7.29. The van der Waals surface area contributed by atoms with Gasteiger partial charge in [-0.3, -0.25) is 4.79 Å². The molecule has 2 unspecified atom stereocenters. The molecule has 34 heavy (non-hydrogen) atoms. The highest BCUT2D eigenvalue weighted by Gasteiger charge is 2.34. The van der Waals surface area contributed by atoms with E-state index in [-0.39, 0.29) is 30.0 Å². The number of carbonyl (C=O) groups excluding carboxylic acids is 1. The van der Waals surface area contributed by atoms with Crippen LogP contribution in [0.5, 0.6) is 5.75 Å². The molecule has 2 aliphatic rings. The smallest absolute Gasteiger partial charge is 0.433 e. The number of fused-ring (bicyclic) bond motifs is 1. The molecular formula is C26H32F3N3O2.